The molecular formula is C14H17NO. The van der Waals surface area contributed by atoms with E-state index in [2.05, 4.69) is 37.9 Å². The van der Waals surface area contributed by atoms with Crippen molar-refractivity contribution in [3.05, 3.63) is 35.9 Å². The molecule has 84 valence electrons. The summed E-state index contributed by atoms with van der Waals surface area (Å²) in [6.45, 7) is 6.50. The van der Waals surface area contributed by atoms with E-state index in [1.54, 1.807) is 7.11 Å². The molecule has 2 aromatic rings. The van der Waals surface area contributed by atoms with Crippen molar-refractivity contribution in [3.63, 3.8) is 0 Å². The van der Waals surface area contributed by atoms with Gasteiger partial charge in [-0.05, 0) is 17.5 Å². The quantitative estimate of drug-likeness (QED) is 0.726. The fraction of sp³-hybridized carbons (Fsp3) is 0.357. The van der Waals surface area contributed by atoms with Crippen LogP contribution in [0.2, 0.25) is 0 Å². The van der Waals surface area contributed by atoms with Gasteiger partial charge >= 0.3 is 0 Å². The summed E-state index contributed by atoms with van der Waals surface area (Å²) in [5, 5.41) is 1.16. The Morgan fingerprint density at radius 1 is 1.12 bits per heavy atom. The minimum atomic E-state index is 0.0440. The molecule has 0 N–H and O–H groups in total. The summed E-state index contributed by atoms with van der Waals surface area (Å²) < 4.78 is 5.37. The average Bonchev–Trinajstić information content (AvgIpc) is 2.26. The van der Waals surface area contributed by atoms with Crippen molar-refractivity contribution in [2.45, 2.75) is 26.2 Å². The summed E-state index contributed by atoms with van der Waals surface area (Å²) in [6, 6.07) is 10.3. The number of para-hydroxylation sites is 1. The lowest BCUT2D eigenvalue weighted by Crippen LogP contribution is -2.13. The lowest BCUT2D eigenvalue weighted by molar-refractivity contribution is 0.382. The van der Waals surface area contributed by atoms with Gasteiger partial charge in [0.15, 0.2) is 0 Å². The van der Waals surface area contributed by atoms with Crippen molar-refractivity contribution in [2.75, 3.05) is 7.11 Å². The Balaban J connectivity index is 2.73. The molecule has 2 nitrogen and oxygen atoms in total. The van der Waals surface area contributed by atoms with Gasteiger partial charge in [0.1, 0.15) is 0 Å². The smallest absolute Gasteiger partial charge is 0.217 e. The number of benzene rings is 1. The van der Waals surface area contributed by atoms with Crippen LogP contribution in [-0.2, 0) is 5.41 Å². The van der Waals surface area contributed by atoms with Gasteiger partial charge in [-0.1, -0.05) is 39.0 Å². The number of aromatic nitrogens is 1. The zero-order valence-corrected chi connectivity index (χ0v) is 10.2. The second-order valence-corrected chi connectivity index (χ2v) is 4.99. The van der Waals surface area contributed by atoms with E-state index in [4.69, 9.17) is 4.74 Å². The van der Waals surface area contributed by atoms with Gasteiger partial charge in [0.25, 0.3) is 0 Å². The number of pyridine rings is 1. The number of hydrogen-bond donors (Lipinski definition) is 0. The SMILES string of the molecule is COc1nc2ccccc2cc1C(C)(C)C. The van der Waals surface area contributed by atoms with Crippen LogP contribution in [0.15, 0.2) is 30.3 Å². The van der Waals surface area contributed by atoms with Gasteiger partial charge in [-0.15, -0.1) is 0 Å². The van der Waals surface area contributed by atoms with Crippen LogP contribution in [0.1, 0.15) is 26.3 Å². The summed E-state index contributed by atoms with van der Waals surface area (Å²) in [7, 11) is 1.67. The summed E-state index contributed by atoms with van der Waals surface area (Å²) in [6.07, 6.45) is 0. The molecule has 0 radical (unpaired) electrons. The molecule has 0 saturated heterocycles. The summed E-state index contributed by atoms with van der Waals surface area (Å²) in [5.74, 6) is 0.728. The predicted molar refractivity (Wildman–Crippen MR) is 67.0 cm³/mol. The second kappa shape index (κ2) is 3.78. The maximum atomic E-state index is 5.37. The zero-order valence-electron chi connectivity index (χ0n) is 10.2. The highest BCUT2D eigenvalue weighted by Crippen LogP contribution is 2.32. The molecule has 1 aromatic heterocycles. The Kier molecular flexibility index (Phi) is 2.58. The lowest BCUT2D eigenvalue weighted by Gasteiger charge is -2.21. The van der Waals surface area contributed by atoms with E-state index < -0.39 is 0 Å². The number of hydrogen-bond acceptors (Lipinski definition) is 2. The van der Waals surface area contributed by atoms with E-state index in [9.17, 15) is 0 Å². The molecule has 1 heterocycles. The van der Waals surface area contributed by atoms with Gasteiger partial charge in [-0.2, -0.15) is 0 Å². The van der Waals surface area contributed by atoms with Gasteiger partial charge in [0, 0.05) is 10.9 Å². The van der Waals surface area contributed by atoms with Crippen molar-refractivity contribution in [2.24, 2.45) is 0 Å². The standard InChI is InChI=1S/C14H17NO/c1-14(2,3)11-9-10-7-5-6-8-12(10)15-13(11)16-4/h5-9H,1-4H3. The Hall–Kier alpha value is -1.57. The monoisotopic (exact) mass is 215 g/mol. The van der Waals surface area contributed by atoms with Crippen molar-refractivity contribution in [1.82, 2.24) is 4.98 Å². The van der Waals surface area contributed by atoms with Crippen molar-refractivity contribution in [3.8, 4) is 5.88 Å². The molecule has 0 spiro atoms. The molecule has 2 heteroatoms. The highest BCUT2D eigenvalue weighted by Gasteiger charge is 2.20. The third kappa shape index (κ3) is 1.87. The van der Waals surface area contributed by atoms with Crippen LogP contribution in [-0.4, -0.2) is 12.1 Å². The van der Waals surface area contributed by atoms with E-state index in [1.165, 1.54) is 0 Å². The first-order chi connectivity index (χ1) is 7.52. The first-order valence-electron chi connectivity index (χ1n) is 5.46. The molecule has 0 aliphatic carbocycles. The first-order valence-corrected chi connectivity index (χ1v) is 5.46. The molecule has 0 unspecified atom stereocenters. The lowest BCUT2D eigenvalue weighted by atomic mass is 9.87. The highest BCUT2D eigenvalue weighted by atomic mass is 16.5. The van der Waals surface area contributed by atoms with E-state index >= 15 is 0 Å². The zero-order chi connectivity index (χ0) is 11.8. The van der Waals surface area contributed by atoms with E-state index in [0.717, 1.165) is 22.3 Å². The van der Waals surface area contributed by atoms with Crippen LogP contribution in [0, 0.1) is 0 Å². The topological polar surface area (TPSA) is 22.1 Å². The van der Waals surface area contributed by atoms with Crippen LogP contribution >= 0.6 is 0 Å². The summed E-state index contributed by atoms with van der Waals surface area (Å²) in [4.78, 5) is 4.54. The highest BCUT2D eigenvalue weighted by molar-refractivity contribution is 5.80. The fourth-order valence-electron chi connectivity index (χ4n) is 1.79. The van der Waals surface area contributed by atoms with Crippen LogP contribution in [0.5, 0.6) is 5.88 Å². The maximum absolute atomic E-state index is 5.37. The van der Waals surface area contributed by atoms with E-state index in [0.29, 0.717) is 0 Å². The average molecular weight is 215 g/mol. The Morgan fingerprint density at radius 2 is 1.81 bits per heavy atom. The normalized spacial score (nSPS) is 11.8. The molecular weight excluding hydrogens is 198 g/mol. The fourth-order valence-corrected chi connectivity index (χ4v) is 1.79. The maximum Gasteiger partial charge on any atom is 0.217 e. The number of methoxy groups -OCH3 is 1. The van der Waals surface area contributed by atoms with Crippen LogP contribution in [0.25, 0.3) is 10.9 Å². The molecule has 0 fully saturated rings. The van der Waals surface area contributed by atoms with Gasteiger partial charge in [-0.3, -0.25) is 0 Å². The number of ether oxygens (including phenoxy) is 1. The molecule has 0 atom stereocenters. The van der Waals surface area contributed by atoms with Crippen molar-refractivity contribution in [1.29, 1.82) is 0 Å². The summed E-state index contributed by atoms with van der Waals surface area (Å²) in [5.41, 5.74) is 2.17. The molecule has 0 saturated carbocycles. The molecule has 1 aromatic carbocycles. The van der Waals surface area contributed by atoms with Crippen LogP contribution in [0.3, 0.4) is 0 Å². The van der Waals surface area contributed by atoms with Crippen molar-refractivity contribution >= 4 is 10.9 Å². The third-order valence-corrected chi connectivity index (χ3v) is 2.69. The third-order valence-electron chi connectivity index (χ3n) is 2.69. The largest absolute Gasteiger partial charge is 0.481 e. The van der Waals surface area contributed by atoms with E-state index in [-0.39, 0.29) is 5.41 Å². The molecule has 0 amide bonds. The number of rotatable bonds is 1. The summed E-state index contributed by atoms with van der Waals surface area (Å²) >= 11 is 0. The Morgan fingerprint density at radius 3 is 2.44 bits per heavy atom. The minimum Gasteiger partial charge on any atom is -0.481 e. The minimum absolute atomic E-state index is 0.0440. The van der Waals surface area contributed by atoms with Crippen molar-refractivity contribution < 1.29 is 4.74 Å². The Labute approximate surface area is 96.3 Å². The molecule has 16 heavy (non-hydrogen) atoms. The van der Waals surface area contributed by atoms with Gasteiger partial charge in [0.05, 0.1) is 12.6 Å². The van der Waals surface area contributed by atoms with Crippen LogP contribution < -0.4 is 4.74 Å². The van der Waals surface area contributed by atoms with Gasteiger partial charge in [0.2, 0.25) is 5.88 Å². The molecule has 2 rings (SSSR count). The predicted octanol–water partition coefficient (Wildman–Crippen LogP) is 3.54. The Bertz CT molecular complexity index is 512. The molecule has 0 bridgehead atoms. The van der Waals surface area contributed by atoms with Gasteiger partial charge < -0.3 is 4.74 Å². The number of fused-ring (bicyclic) bond motifs is 1. The molecule has 0 aliphatic rings. The number of nitrogens with zero attached hydrogens (tertiary/aromatic N) is 1. The molecule has 0 aliphatic heterocycles. The van der Waals surface area contributed by atoms with Crippen LogP contribution in [0.4, 0.5) is 0 Å². The van der Waals surface area contributed by atoms with Gasteiger partial charge in [-0.25, -0.2) is 4.98 Å². The second-order valence-electron chi connectivity index (χ2n) is 4.99. The first kappa shape index (κ1) is 10.9. The van der Waals surface area contributed by atoms with E-state index in [1.807, 2.05) is 18.2 Å².